The lowest BCUT2D eigenvalue weighted by Gasteiger charge is -2.35. The predicted molar refractivity (Wildman–Crippen MR) is 92.8 cm³/mol. The topological polar surface area (TPSA) is 60.9 Å². The number of aliphatic hydroxyl groups excluding tert-OH is 1. The molecule has 1 N–H and O–H groups in total. The van der Waals surface area contributed by atoms with Crippen molar-refractivity contribution in [1.29, 1.82) is 0 Å². The molecule has 0 saturated carbocycles. The fourth-order valence-electron chi connectivity index (χ4n) is 2.80. The molecule has 6 heteroatoms. The Labute approximate surface area is 145 Å². The van der Waals surface area contributed by atoms with E-state index in [0.717, 1.165) is 10.4 Å². The third-order valence-electron chi connectivity index (χ3n) is 4.20. The van der Waals surface area contributed by atoms with Crippen LogP contribution in [0.5, 0.6) is 0 Å². The number of carbonyl (C=O) groups excluding carboxylic acids is 2. The molecule has 2 amide bonds. The summed E-state index contributed by atoms with van der Waals surface area (Å²) in [5.41, 5.74) is 0.748. The van der Waals surface area contributed by atoms with Crippen molar-refractivity contribution in [2.45, 2.75) is 12.5 Å². The molecule has 0 spiro atoms. The van der Waals surface area contributed by atoms with E-state index in [1.165, 1.54) is 11.3 Å². The number of aliphatic hydroxyl groups is 1. The number of thiophene rings is 1. The largest absolute Gasteiger partial charge is 0.388 e. The van der Waals surface area contributed by atoms with Gasteiger partial charge in [0.15, 0.2) is 0 Å². The van der Waals surface area contributed by atoms with E-state index >= 15 is 0 Å². The molecule has 24 heavy (non-hydrogen) atoms. The van der Waals surface area contributed by atoms with Crippen LogP contribution in [-0.4, -0.2) is 52.9 Å². The standard InChI is InChI=1S/C18H20N2O3S/c21-15(14-5-2-1-3-6-14)13-17(22)19-8-10-20(11-9-19)18(23)16-7-4-12-24-16/h1-7,12,15,21H,8-11,13H2. The Morgan fingerprint density at radius 2 is 1.67 bits per heavy atom. The highest BCUT2D eigenvalue weighted by Crippen LogP contribution is 2.19. The van der Waals surface area contributed by atoms with Gasteiger partial charge in [-0.3, -0.25) is 9.59 Å². The third-order valence-corrected chi connectivity index (χ3v) is 5.06. The van der Waals surface area contributed by atoms with Gasteiger partial charge in [0.05, 0.1) is 17.4 Å². The maximum atomic E-state index is 12.4. The summed E-state index contributed by atoms with van der Waals surface area (Å²) in [6.07, 6.45) is -0.715. The molecule has 0 aliphatic carbocycles. The van der Waals surface area contributed by atoms with Crippen molar-refractivity contribution in [2.75, 3.05) is 26.2 Å². The molecule has 1 unspecified atom stereocenters. The smallest absolute Gasteiger partial charge is 0.264 e. The molecule has 0 radical (unpaired) electrons. The van der Waals surface area contributed by atoms with Gasteiger partial charge >= 0.3 is 0 Å². The summed E-state index contributed by atoms with van der Waals surface area (Å²) in [5, 5.41) is 12.1. The highest BCUT2D eigenvalue weighted by atomic mass is 32.1. The van der Waals surface area contributed by atoms with Crippen molar-refractivity contribution in [2.24, 2.45) is 0 Å². The Morgan fingerprint density at radius 1 is 1.00 bits per heavy atom. The first-order valence-electron chi connectivity index (χ1n) is 7.98. The predicted octanol–water partition coefficient (Wildman–Crippen LogP) is 2.16. The Kier molecular flexibility index (Phi) is 5.27. The number of nitrogens with zero attached hydrogens (tertiary/aromatic N) is 2. The van der Waals surface area contributed by atoms with Gasteiger partial charge in [0.25, 0.3) is 5.91 Å². The Morgan fingerprint density at radius 3 is 2.29 bits per heavy atom. The van der Waals surface area contributed by atoms with Crippen LogP contribution in [0.2, 0.25) is 0 Å². The van der Waals surface area contributed by atoms with E-state index < -0.39 is 6.10 Å². The number of rotatable bonds is 4. The summed E-state index contributed by atoms with van der Waals surface area (Å²) in [6.45, 7) is 2.09. The van der Waals surface area contributed by atoms with Gasteiger partial charge in [0.1, 0.15) is 0 Å². The maximum absolute atomic E-state index is 12.4. The van der Waals surface area contributed by atoms with Gasteiger partial charge < -0.3 is 14.9 Å². The fraction of sp³-hybridized carbons (Fsp3) is 0.333. The van der Waals surface area contributed by atoms with E-state index in [-0.39, 0.29) is 18.2 Å². The quantitative estimate of drug-likeness (QED) is 0.924. The lowest BCUT2D eigenvalue weighted by molar-refractivity contribution is -0.134. The van der Waals surface area contributed by atoms with Crippen LogP contribution in [0.25, 0.3) is 0 Å². The second kappa shape index (κ2) is 7.59. The van der Waals surface area contributed by atoms with E-state index in [1.54, 1.807) is 9.80 Å². The zero-order valence-corrected chi connectivity index (χ0v) is 14.1. The fourth-order valence-corrected chi connectivity index (χ4v) is 3.49. The number of hydrogen-bond acceptors (Lipinski definition) is 4. The minimum absolute atomic E-state index is 0.0291. The van der Waals surface area contributed by atoms with E-state index in [4.69, 9.17) is 0 Å². The molecule has 1 aromatic carbocycles. The summed E-state index contributed by atoms with van der Waals surface area (Å²) in [5.74, 6) is -0.0454. The SMILES string of the molecule is O=C(CC(O)c1ccccc1)N1CCN(C(=O)c2cccs2)CC1. The summed E-state index contributed by atoms with van der Waals surface area (Å²) in [6, 6.07) is 12.9. The molecule has 1 aliphatic rings. The molecule has 0 bridgehead atoms. The molecular formula is C18H20N2O3S. The monoisotopic (exact) mass is 344 g/mol. The summed E-state index contributed by atoms with van der Waals surface area (Å²) < 4.78 is 0. The van der Waals surface area contributed by atoms with Gasteiger partial charge in [0, 0.05) is 26.2 Å². The van der Waals surface area contributed by atoms with Gasteiger partial charge in [-0.05, 0) is 17.0 Å². The zero-order chi connectivity index (χ0) is 16.9. The average molecular weight is 344 g/mol. The number of benzene rings is 1. The van der Waals surface area contributed by atoms with Crippen molar-refractivity contribution in [1.82, 2.24) is 9.80 Å². The first kappa shape index (κ1) is 16.7. The van der Waals surface area contributed by atoms with Crippen molar-refractivity contribution in [3.8, 4) is 0 Å². The van der Waals surface area contributed by atoms with Crippen molar-refractivity contribution < 1.29 is 14.7 Å². The molecule has 1 aromatic heterocycles. The van der Waals surface area contributed by atoms with Gasteiger partial charge in [-0.15, -0.1) is 11.3 Å². The second-order valence-electron chi connectivity index (χ2n) is 5.78. The van der Waals surface area contributed by atoms with Crippen LogP contribution in [0, 0.1) is 0 Å². The molecule has 1 atom stereocenters. The van der Waals surface area contributed by atoms with Crippen LogP contribution in [0.4, 0.5) is 0 Å². The van der Waals surface area contributed by atoms with Gasteiger partial charge in [-0.1, -0.05) is 36.4 Å². The van der Waals surface area contributed by atoms with E-state index in [2.05, 4.69) is 0 Å². The van der Waals surface area contributed by atoms with Crippen LogP contribution in [0.1, 0.15) is 27.8 Å². The Balaban J connectivity index is 1.51. The number of hydrogen-bond donors (Lipinski definition) is 1. The number of piperazine rings is 1. The molecule has 2 heterocycles. The normalized spacial score (nSPS) is 16.0. The molecule has 126 valence electrons. The number of amides is 2. The molecule has 1 aliphatic heterocycles. The van der Waals surface area contributed by atoms with Crippen LogP contribution in [-0.2, 0) is 4.79 Å². The van der Waals surface area contributed by atoms with E-state index in [0.29, 0.717) is 26.2 Å². The molecule has 2 aromatic rings. The highest BCUT2D eigenvalue weighted by molar-refractivity contribution is 7.12. The first-order chi connectivity index (χ1) is 11.6. The molecule has 5 nitrogen and oxygen atoms in total. The summed E-state index contributed by atoms with van der Waals surface area (Å²) in [4.78, 5) is 28.9. The van der Waals surface area contributed by atoms with Crippen molar-refractivity contribution in [3.63, 3.8) is 0 Å². The van der Waals surface area contributed by atoms with Crippen molar-refractivity contribution >= 4 is 23.2 Å². The minimum Gasteiger partial charge on any atom is -0.388 e. The van der Waals surface area contributed by atoms with E-state index in [1.807, 2.05) is 47.8 Å². The van der Waals surface area contributed by atoms with Gasteiger partial charge in [0.2, 0.25) is 5.91 Å². The Bertz CT molecular complexity index is 680. The van der Waals surface area contributed by atoms with Crippen molar-refractivity contribution in [3.05, 3.63) is 58.3 Å². The Hall–Kier alpha value is -2.18. The molecule has 1 fully saturated rings. The van der Waals surface area contributed by atoms with Crippen LogP contribution in [0.15, 0.2) is 47.8 Å². The van der Waals surface area contributed by atoms with Gasteiger partial charge in [-0.2, -0.15) is 0 Å². The maximum Gasteiger partial charge on any atom is 0.264 e. The summed E-state index contributed by atoms with van der Waals surface area (Å²) in [7, 11) is 0. The number of carbonyl (C=O) groups is 2. The molecule has 3 rings (SSSR count). The first-order valence-corrected chi connectivity index (χ1v) is 8.86. The van der Waals surface area contributed by atoms with Crippen LogP contribution < -0.4 is 0 Å². The lowest BCUT2D eigenvalue weighted by Crippen LogP contribution is -2.50. The average Bonchev–Trinajstić information content (AvgIpc) is 3.16. The lowest BCUT2D eigenvalue weighted by atomic mass is 10.1. The second-order valence-corrected chi connectivity index (χ2v) is 6.73. The summed E-state index contributed by atoms with van der Waals surface area (Å²) >= 11 is 1.43. The van der Waals surface area contributed by atoms with Gasteiger partial charge in [-0.25, -0.2) is 0 Å². The highest BCUT2D eigenvalue weighted by Gasteiger charge is 2.26. The minimum atomic E-state index is -0.788. The molecule has 1 saturated heterocycles. The van der Waals surface area contributed by atoms with E-state index in [9.17, 15) is 14.7 Å². The van der Waals surface area contributed by atoms with Crippen LogP contribution >= 0.6 is 11.3 Å². The van der Waals surface area contributed by atoms with Crippen LogP contribution in [0.3, 0.4) is 0 Å². The third kappa shape index (κ3) is 3.83. The zero-order valence-electron chi connectivity index (χ0n) is 13.3. The molecular weight excluding hydrogens is 324 g/mol.